The lowest BCUT2D eigenvalue weighted by molar-refractivity contribution is 0.0770. The van der Waals surface area contributed by atoms with Gasteiger partial charge in [-0.25, -0.2) is 4.79 Å². The number of hydrogen-bond acceptors (Lipinski definition) is 5. The predicted octanol–water partition coefficient (Wildman–Crippen LogP) is 4.66. The Morgan fingerprint density at radius 1 is 1.17 bits per heavy atom. The number of likely N-dealkylation sites (tertiary alicyclic amines) is 1. The minimum absolute atomic E-state index is 0.174. The second kappa shape index (κ2) is 6.92. The third-order valence-corrected chi connectivity index (χ3v) is 6.73. The lowest BCUT2D eigenvalue weighted by atomic mass is 9.65. The van der Waals surface area contributed by atoms with Crippen LogP contribution in [0.15, 0.2) is 66.1 Å². The van der Waals surface area contributed by atoms with Crippen LogP contribution in [0.5, 0.6) is 0 Å². The van der Waals surface area contributed by atoms with Crippen LogP contribution in [0.25, 0.3) is 0 Å². The molecule has 1 fully saturated rings. The number of methoxy groups -OCH3 is 1. The van der Waals surface area contributed by atoms with Gasteiger partial charge in [0.1, 0.15) is 5.76 Å². The molecule has 1 aliphatic carbocycles. The van der Waals surface area contributed by atoms with E-state index in [1.54, 1.807) is 0 Å². The maximum absolute atomic E-state index is 11.9. The van der Waals surface area contributed by atoms with E-state index < -0.39 is 6.16 Å². The fourth-order valence-corrected chi connectivity index (χ4v) is 5.75. The number of nitrogens with one attached hydrogen (secondary N) is 1. The standard InChI is InChI=1S/C24H26N2O3/c1-16-14-20(29-23(27)28-2)21-24(18-10-6-7-11-19(18)25-21)12-13-26(22(16)24)15-17-8-4-3-5-9-17/h3-11,16,22,25H,12-15H2,1-2H3. The highest BCUT2D eigenvalue weighted by molar-refractivity contribution is 5.72. The lowest BCUT2D eigenvalue weighted by Gasteiger charge is -2.44. The summed E-state index contributed by atoms with van der Waals surface area (Å²) in [4.78, 5) is 14.5. The predicted molar refractivity (Wildman–Crippen MR) is 111 cm³/mol. The zero-order chi connectivity index (χ0) is 20.0. The molecule has 5 rings (SSSR count). The van der Waals surface area contributed by atoms with Gasteiger partial charge in [-0.15, -0.1) is 0 Å². The maximum atomic E-state index is 11.9. The van der Waals surface area contributed by atoms with Crippen LogP contribution in [0, 0.1) is 5.92 Å². The Kier molecular flexibility index (Phi) is 4.36. The van der Waals surface area contributed by atoms with Crippen LogP contribution in [-0.4, -0.2) is 30.8 Å². The molecular weight excluding hydrogens is 364 g/mol. The van der Waals surface area contributed by atoms with Crippen molar-refractivity contribution in [2.45, 2.75) is 37.8 Å². The van der Waals surface area contributed by atoms with E-state index in [-0.39, 0.29) is 5.41 Å². The van der Waals surface area contributed by atoms with Gasteiger partial charge in [-0.2, -0.15) is 0 Å². The smallest absolute Gasteiger partial charge is 0.437 e. The van der Waals surface area contributed by atoms with Gasteiger partial charge >= 0.3 is 6.16 Å². The fourth-order valence-electron chi connectivity index (χ4n) is 5.75. The number of nitrogens with zero attached hydrogens (tertiary/aromatic N) is 1. The zero-order valence-corrected chi connectivity index (χ0v) is 16.9. The Hall–Kier alpha value is -2.79. The largest absolute Gasteiger partial charge is 0.513 e. The van der Waals surface area contributed by atoms with Gasteiger partial charge in [0.05, 0.1) is 18.2 Å². The lowest BCUT2D eigenvalue weighted by Crippen LogP contribution is -2.50. The maximum Gasteiger partial charge on any atom is 0.513 e. The molecule has 0 bridgehead atoms. The number of rotatable bonds is 3. The third kappa shape index (κ3) is 2.76. The van der Waals surface area contributed by atoms with Crippen molar-refractivity contribution < 1.29 is 14.3 Å². The summed E-state index contributed by atoms with van der Waals surface area (Å²) in [6, 6.07) is 19.5. The van der Waals surface area contributed by atoms with Crippen molar-refractivity contribution in [3.05, 3.63) is 77.2 Å². The van der Waals surface area contributed by atoms with Gasteiger partial charge in [0.15, 0.2) is 0 Å². The Balaban J connectivity index is 1.60. The first-order chi connectivity index (χ1) is 14.1. The van der Waals surface area contributed by atoms with Gasteiger partial charge in [-0.3, -0.25) is 4.90 Å². The number of para-hydroxylation sites is 1. The van der Waals surface area contributed by atoms with Crippen molar-refractivity contribution in [3.8, 4) is 0 Å². The third-order valence-electron chi connectivity index (χ3n) is 6.73. The number of ether oxygens (including phenoxy) is 2. The summed E-state index contributed by atoms with van der Waals surface area (Å²) >= 11 is 0. The van der Waals surface area contributed by atoms with E-state index in [9.17, 15) is 4.79 Å². The number of hydrogen-bond donors (Lipinski definition) is 1. The summed E-state index contributed by atoms with van der Waals surface area (Å²) in [7, 11) is 1.35. The van der Waals surface area contributed by atoms with Gasteiger partial charge in [-0.05, 0) is 29.5 Å². The minimum Gasteiger partial charge on any atom is -0.437 e. The van der Waals surface area contributed by atoms with E-state index in [1.807, 2.05) is 0 Å². The molecule has 2 aromatic rings. The van der Waals surface area contributed by atoms with Crippen LogP contribution in [0.3, 0.4) is 0 Å². The Morgan fingerprint density at radius 2 is 1.93 bits per heavy atom. The molecule has 1 saturated heterocycles. The summed E-state index contributed by atoms with van der Waals surface area (Å²) < 4.78 is 10.4. The first-order valence-electron chi connectivity index (χ1n) is 10.3. The monoisotopic (exact) mass is 390 g/mol. The fraction of sp³-hybridized carbons (Fsp3) is 0.375. The van der Waals surface area contributed by atoms with E-state index in [0.29, 0.717) is 18.4 Å². The molecule has 0 saturated carbocycles. The number of carbonyl (C=O) groups is 1. The molecule has 3 atom stereocenters. The van der Waals surface area contributed by atoms with E-state index in [2.05, 4.69) is 71.7 Å². The number of benzene rings is 2. The molecule has 2 heterocycles. The SMILES string of the molecule is COC(=O)OC1=C2Nc3ccccc3C23CCN(Cc2ccccc2)C3C(C)C1. The Bertz CT molecular complexity index is 971. The molecule has 29 heavy (non-hydrogen) atoms. The summed E-state index contributed by atoms with van der Waals surface area (Å²) in [6.45, 7) is 4.21. The van der Waals surface area contributed by atoms with E-state index in [1.165, 1.54) is 18.2 Å². The summed E-state index contributed by atoms with van der Waals surface area (Å²) in [5.74, 6) is 1.07. The summed E-state index contributed by atoms with van der Waals surface area (Å²) in [5, 5.41) is 3.60. The zero-order valence-electron chi connectivity index (χ0n) is 16.9. The first-order valence-corrected chi connectivity index (χ1v) is 10.3. The highest BCUT2D eigenvalue weighted by atomic mass is 16.7. The highest BCUT2D eigenvalue weighted by Crippen LogP contribution is 2.59. The van der Waals surface area contributed by atoms with Crippen LogP contribution in [0.4, 0.5) is 10.5 Å². The molecule has 3 aliphatic rings. The highest BCUT2D eigenvalue weighted by Gasteiger charge is 2.60. The number of carbonyl (C=O) groups excluding carboxylic acids is 1. The van der Waals surface area contributed by atoms with E-state index >= 15 is 0 Å². The Morgan fingerprint density at radius 3 is 2.72 bits per heavy atom. The minimum atomic E-state index is -0.648. The molecule has 3 unspecified atom stereocenters. The average Bonchev–Trinajstić information content (AvgIpc) is 3.28. The second-order valence-corrected chi connectivity index (χ2v) is 8.33. The van der Waals surface area contributed by atoms with Crippen molar-refractivity contribution >= 4 is 11.8 Å². The van der Waals surface area contributed by atoms with Crippen molar-refractivity contribution in [2.75, 3.05) is 19.0 Å². The normalized spacial score (nSPS) is 27.7. The van der Waals surface area contributed by atoms with Gasteiger partial charge in [0, 0.05) is 31.2 Å². The van der Waals surface area contributed by atoms with Gasteiger partial charge in [0.2, 0.25) is 0 Å². The summed E-state index contributed by atoms with van der Waals surface area (Å²) in [5.41, 5.74) is 4.63. The number of anilines is 1. The van der Waals surface area contributed by atoms with Crippen molar-refractivity contribution in [3.63, 3.8) is 0 Å². The molecule has 0 radical (unpaired) electrons. The molecule has 150 valence electrons. The Labute approximate surface area is 171 Å². The van der Waals surface area contributed by atoms with Crippen molar-refractivity contribution in [2.24, 2.45) is 5.92 Å². The van der Waals surface area contributed by atoms with Crippen LogP contribution in [0.1, 0.15) is 30.9 Å². The van der Waals surface area contributed by atoms with Gasteiger partial charge < -0.3 is 14.8 Å². The molecule has 1 spiro atoms. The van der Waals surface area contributed by atoms with Crippen LogP contribution >= 0.6 is 0 Å². The number of allylic oxidation sites excluding steroid dienone is 1. The van der Waals surface area contributed by atoms with Crippen LogP contribution in [-0.2, 0) is 21.4 Å². The van der Waals surface area contributed by atoms with Crippen molar-refractivity contribution in [1.29, 1.82) is 0 Å². The first kappa shape index (κ1) is 18.3. The molecular formula is C24H26N2O3. The average molecular weight is 390 g/mol. The van der Waals surface area contributed by atoms with Crippen LogP contribution in [0.2, 0.25) is 0 Å². The topological polar surface area (TPSA) is 50.8 Å². The molecule has 2 aliphatic heterocycles. The second-order valence-electron chi connectivity index (χ2n) is 8.33. The van der Waals surface area contributed by atoms with E-state index in [4.69, 9.17) is 9.47 Å². The van der Waals surface area contributed by atoms with Crippen LogP contribution < -0.4 is 5.32 Å². The molecule has 2 aromatic carbocycles. The molecule has 0 amide bonds. The molecule has 5 nitrogen and oxygen atoms in total. The van der Waals surface area contributed by atoms with Gasteiger partial charge in [-0.1, -0.05) is 55.5 Å². The molecule has 5 heteroatoms. The van der Waals surface area contributed by atoms with Gasteiger partial charge in [0.25, 0.3) is 0 Å². The number of fused-ring (bicyclic) bond motifs is 1. The molecule has 1 N–H and O–H groups in total. The summed E-state index contributed by atoms with van der Waals surface area (Å²) in [6.07, 6.45) is 1.07. The van der Waals surface area contributed by atoms with E-state index in [0.717, 1.165) is 36.7 Å². The molecule has 0 aromatic heterocycles. The van der Waals surface area contributed by atoms with Crippen molar-refractivity contribution in [1.82, 2.24) is 4.90 Å². The quantitative estimate of drug-likeness (QED) is 0.773.